The van der Waals surface area contributed by atoms with E-state index in [1.807, 2.05) is 54.6 Å². The van der Waals surface area contributed by atoms with Gasteiger partial charge in [0.1, 0.15) is 0 Å². The highest BCUT2D eigenvalue weighted by Gasteiger charge is 2.08. The number of rotatable bonds is 3. The first-order valence-electron chi connectivity index (χ1n) is 5.77. The van der Waals surface area contributed by atoms with Crippen LogP contribution in [0.25, 0.3) is 11.1 Å². The average molecular weight is 304 g/mol. The number of nitrogens with one attached hydrogen (secondary N) is 1. The molecule has 2 rings (SSSR count). The molecule has 0 spiro atoms. The zero-order chi connectivity index (χ0) is 13.0. The van der Waals surface area contributed by atoms with E-state index in [9.17, 15) is 4.79 Å². The third kappa shape index (κ3) is 3.20. The topological polar surface area (TPSA) is 29.1 Å². The van der Waals surface area contributed by atoms with Gasteiger partial charge in [-0.2, -0.15) is 0 Å². The zero-order valence-corrected chi connectivity index (χ0v) is 11.6. The van der Waals surface area contributed by atoms with Crippen LogP contribution in [0.3, 0.4) is 0 Å². The van der Waals surface area contributed by atoms with Crippen molar-refractivity contribution < 1.29 is 4.79 Å². The lowest BCUT2D eigenvalue weighted by molar-refractivity contribution is -0.115. The number of carbonyl (C=O) groups excluding carboxylic acids is 1. The fourth-order valence-corrected chi connectivity index (χ4v) is 1.76. The van der Waals surface area contributed by atoms with Gasteiger partial charge in [-0.05, 0) is 30.2 Å². The van der Waals surface area contributed by atoms with Gasteiger partial charge in [0.2, 0.25) is 5.91 Å². The summed E-state index contributed by atoms with van der Waals surface area (Å²) in [4.78, 5) is 11.4. The fourth-order valence-electron chi connectivity index (χ4n) is 1.65. The molecule has 2 aromatic carbocycles. The Morgan fingerprint density at radius 2 is 1.72 bits per heavy atom. The largest absolute Gasteiger partial charge is 0.325 e. The SMILES string of the molecule is CC(Br)C(=O)Nc1cccc(-c2ccccc2)c1. The number of halogens is 1. The summed E-state index contributed by atoms with van der Waals surface area (Å²) in [7, 11) is 0. The molecule has 2 aromatic rings. The van der Waals surface area contributed by atoms with E-state index in [1.165, 1.54) is 0 Å². The van der Waals surface area contributed by atoms with Crippen molar-refractivity contribution in [2.24, 2.45) is 0 Å². The lowest BCUT2D eigenvalue weighted by Gasteiger charge is -2.08. The number of amides is 1. The van der Waals surface area contributed by atoms with E-state index in [0.717, 1.165) is 16.8 Å². The standard InChI is InChI=1S/C15H14BrNO/c1-11(16)15(18)17-14-9-5-8-13(10-14)12-6-3-2-4-7-12/h2-11H,1H3,(H,17,18). The molecule has 0 heterocycles. The van der Waals surface area contributed by atoms with E-state index in [2.05, 4.69) is 21.2 Å². The van der Waals surface area contributed by atoms with Crippen molar-refractivity contribution in [3.05, 3.63) is 54.6 Å². The smallest absolute Gasteiger partial charge is 0.237 e. The summed E-state index contributed by atoms with van der Waals surface area (Å²) >= 11 is 3.25. The predicted molar refractivity (Wildman–Crippen MR) is 78.9 cm³/mol. The van der Waals surface area contributed by atoms with Crippen LogP contribution in [0.4, 0.5) is 5.69 Å². The molecule has 0 saturated carbocycles. The van der Waals surface area contributed by atoms with Crippen LogP contribution in [-0.4, -0.2) is 10.7 Å². The van der Waals surface area contributed by atoms with Gasteiger partial charge in [-0.25, -0.2) is 0 Å². The Morgan fingerprint density at radius 1 is 1.06 bits per heavy atom. The van der Waals surface area contributed by atoms with Crippen LogP contribution in [0.15, 0.2) is 54.6 Å². The monoisotopic (exact) mass is 303 g/mol. The molecule has 1 atom stereocenters. The van der Waals surface area contributed by atoms with Gasteiger partial charge in [-0.1, -0.05) is 58.4 Å². The fraction of sp³-hybridized carbons (Fsp3) is 0.133. The van der Waals surface area contributed by atoms with Crippen molar-refractivity contribution in [3.8, 4) is 11.1 Å². The molecule has 0 bridgehead atoms. The van der Waals surface area contributed by atoms with Crippen molar-refractivity contribution in [1.29, 1.82) is 0 Å². The van der Waals surface area contributed by atoms with Gasteiger partial charge in [0, 0.05) is 5.69 Å². The maximum atomic E-state index is 11.6. The summed E-state index contributed by atoms with van der Waals surface area (Å²) in [5.74, 6) is -0.0415. The minimum Gasteiger partial charge on any atom is -0.325 e. The van der Waals surface area contributed by atoms with Crippen LogP contribution in [0.2, 0.25) is 0 Å². The second kappa shape index (κ2) is 5.83. The van der Waals surface area contributed by atoms with Crippen LogP contribution >= 0.6 is 15.9 Å². The molecule has 0 aromatic heterocycles. The average Bonchev–Trinajstić information content (AvgIpc) is 2.40. The van der Waals surface area contributed by atoms with E-state index in [-0.39, 0.29) is 10.7 Å². The molecule has 2 nitrogen and oxygen atoms in total. The number of anilines is 1. The highest BCUT2D eigenvalue weighted by atomic mass is 79.9. The highest BCUT2D eigenvalue weighted by molar-refractivity contribution is 9.10. The van der Waals surface area contributed by atoms with E-state index >= 15 is 0 Å². The lowest BCUT2D eigenvalue weighted by atomic mass is 10.1. The van der Waals surface area contributed by atoms with Gasteiger partial charge in [0.05, 0.1) is 4.83 Å². The van der Waals surface area contributed by atoms with Crippen LogP contribution in [0.5, 0.6) is 0 Å². The summed E-state index contributed by atoms with van der Waals surface area (Å²) in [5.41, 5.74) is 3.05. The zero-order valence-electron chi connectivity index (χ0n) is 10.1. The molecular weight excluding hydrogens is 290 g/mol. The molecule has 1 N–H and O–H groups in total. The van der Waals surface area contributed by atoms with Crippen molar-refractivity contribution in [2.45, 2.75) is 11.8 Å². The first-order valence-corrected chi connectivity index (χ1v) is 6.69. The predicted octanol–water partition coefficient (Wildman–Crippen LogP) is 4.08. The Bertz CT molecular complexity index is 537. The van der Waals surface area contributed by atoms with E-state index in [0.29, 0.717) is 0 Å². The third-order valence-electron chi connectivity index (χ3n) is 2.60. The Kier molecular flexibility index (Phi) is 4.15. The van der Waals surface area contributed by atoms with Crippen molar-refractivity contribution in [3.63, 3.8) is 0 Å². The summed E-state index contributed by atoms with van der Waals surface area (Å²) in [6.45, 7) is 1.80. The van der Waals surface area contributed by atoms with Crippen LogP contribution in [0, 0.1) is 0 Å². The van der Waals surface area contributed by atoms with E-state index in [1.54, 1.807) is 6.92 Å². The Morgan fingerprint density at radius 3 is 2.39 bits per heavy atom. The van der Waals surface area contributed by atoms with Crippen molar-refractivity contribution in [2.75, 3.05) is 5.32 Å². The Hall–Kier alpha value is -1.61. The van der Waals surface area contributed by atoms with Gasteiger partial charge in [-0.15, -0.1) is 0 Å². The maximum absolute atomic E-state index is 11.6. The second-order valence-electron chi connectivity index (χ2n) is 4.05. The summed E-state index contributed by atoms with van der Waals surface area (Å²) in [6.07, 6.45) is 0. The van der Waals surface area contributed by atoms with Gasteiger partial charge < -0.3 is 5.32 Å². The first kappa shape index (κ1) is 12.8. The third-order valence-corrected chi connectivity index (χ3v) is 3.01. The number of carbonyl (C=O) groups is 1. The minimum absolute atomic E-state index is 0.0415. The van der Waals surface area contributed by atoms with Crippen molar-refractivity contribution >= 4 is 27.5 Å². The van der Waals surface area contributed by atoms with Gasteiger partial charge >= 0.3 is 0 Å². The van der Waals surface area contributed by atoms with Crippen LogP contribution < -0.4 is 5.32 Å². The molecule has 18 heavy (non-hydrogen) atoms. The molecule has 0 radical (unpaired) electrons. The quantitative estimate of drug-likeness (QED) is 0.851. The molecule has 92 valence electrons. The van der Waals surface area contributed by atoms with Gasteiger partial charge in [-0.3, -0.25) is 4.79 Å². The number of alkyl halides is 1. The molecule has 0 saturated heterocycles. The number of hydrogen-bond donors (Lipinski definition) is 1. The molecular formula is C15H14BrNO. The van der Waals surface area contributed by atoms with Crippen LogP contribution in [0.1, 0.15) is 6.92 Å². The highest BCUT2D eigenvalue weighted by Crippen LogP contribution is 2.22. The van der Waals surface area contributed by atoms with E-state index < -0.39 is 0 Å². The number of benzene rings is 2. The molecule has 0 aliphatic rings. The Balaban J connectivity index is 2.23. The molecule has 3 heteroatoms. The summed E-state index contributed by atoms with van der Waals surface area (Å²) < 4.78 is 0. The van der Waals surface area contributed by atoms with Gasteiger partial charge in [0.25, 0.3) is 0 Å². The Labute approximate surface area is 115 Å². The molecule has 0 aliphatic heterocycles. The molecule has 0 aliphatic carbocycles. The van der Waals surface area contributed by atoms with Crippen LogP contribution in [-0.2, 0) is 4.79 Å². The summed E-state index contributed by atoms with van der Waals surface area (Å²) in [5, 5.41) is 2.87. The lowest BCUT2D eigenvalue weighted by Crippen LogP contribution is -2.19. The minimum atomic E-state index is -0.196. The molecule has 0 fully saturated rings. The molecule has 1 amide bonds. The normalized spacial score (nSPS) is 11.9. The van der Waals surface area contributed by atoms with E-state index in [4.69, 9.17) is 0 Å². The second-order valence-corrected chi connectivity index (χ2v) is 5.43. The van der Waals surface area contributed by atoms with Gasteiger partial charge in [0.15, 0.2) is 0 Å². The summed E-state index contributed by atoms with van der Waals surface area (Å²) in [6, 6.07) is 17.9. The molecule has 1 unspecified atom stereocenters. The first-order chi connectivity index (χ1) is 8.66. The number of hydrogen-bond acceptors (Lipinski definition) is 1. The maximum Gasteiger partial charge on any atom is 0.237 e. The van der Waals surface area contributed by atoms with Crippen molar-refractivity contribution in [1.82, 2.24) is 0 Å².